The van der Waals surface area contributed by atoms with Crippen LogP contribution in [0.25, 0.3) is 0 Å². The average Bonchev–Trinajstić information content (AvgIpc) is 3.37. The Labute approximate surface area is 231 Å². The fourth-order valence-electron chi connectivity index (χ4n) is 5.29. The van der Waals surface area contributed by atoms with E-state index < -0.39 is 0 Å². The molecular weight excluding hydrogens is 529 g/mol. The third kappa shape index (κ3) is 5.36. The predicted molar refractivity (Wildman–Crippen MR) is 148 cm³/mol. The summed E-state index contributed by atoms with van der Waals surface area (Å²) in [5, 5.41) is 2.97. The first-order chi connectivity index (χ1) is 17.9. The molecule has 2 aromatic carbocycles. The number of amides is 2. The van der Waals surface area contributed by atoms with Crippen molar-refractivity contribution in [3.8, 4) is 5.75 Å². The van der Waals surface area contributed by atoms with E-state index in [4.69, 9.17) is 27.9 Å². The van der Waals surface area contributed by atoms with Crippen molar-refractivity contribution in [1.82, 2.24) is 14.7 Å². The number of carbonyl (C=O) groups is 2. The number of methoxy groups -OCH3 is 1. The van der Waals surface area contributed by atoms with Crippen molar-refractivity contribution >= 4 is 46.4 Å². The summed E-state index contributed by atoms with van der Waals surface area (Å²) in [5.41, 5.74) is 2.86. The fourth-order valence-corrected chi connectivity index (χ4v) is 6.69. The second-order valence-corrected chi connectivity index (χ2v) is 11.4. The van der Waals surface area contributed by atoms with Crippen LogP contribution in [0.4, 0.5) is 0 Å². The maximum Gasteiger partial charge on any atom is 0.255 e. The fraction of sp³-hybridized carbons (Fsp3) is 0.357. The summed E-state index contributed by atoms with van der Waals surface area (Å²) in [6.45, 7) is 4.56. The molecule has 0 aliphatic carbocycles. The molecule has 9 heteroatoms. The van der Waals surface area contributed by atoms with Gasteiger partial charge in [0.15, 0.2) is 0 Å². The third-order valence-corrected chi connectivity index (χ3v) is 8.78. The van der Waals surface area contributed by atoms with E-state index in [1.807, 2.05) is 24.0 Å². The lowest BCUT2D eigenvalue weighted by Gasteiger charge is -2.42. The standard InChI is InChI=1S/C28H29Cl2N3O3S/c1-18-16-31(12-13-33(18)28(35)22-8-5-20(29)15-24(22)30)26(34)17-32-11-9-25-23(10-14-37-25)27(32)19-3-6-21(36-2)7-4-19/h3-8,10,14-15,18,27H,9,11-13,16-17H2,1-2H3. The summed E-state index contributed by atoms with van der Waals surface area (Å²) in [6.07, 6.45) is 0.938. The molecule has 5 rings (SSSR count). The Morgan fingerprint density at radius 1 is 1.05 bits per heavy atom. The van der Waals surface area contributed by atoms with Crippen molar-refractivity contribution in [2.45, 2.75) is 25.4 Å². The van der Waals surface area contributed by atoms with Crippen molar-refractivity contribution in [3.63, 3.8) is 0 Å². The molecule has 3 heterocycles. The van der Waals surface area contributed by atoms with Gasteiger partial charge in [0.25, 0.3) is 5.91 Å². The lowest BCUT2D eigenvalue weighted by atomic mass is 9.93. The molecule has 1 fully saturated rings. The van der Waals surface area contributed by atoms with Crippen molar-refractivity contribution in [1.29, 1.82) is 0 Å². The number of fused-ring (bicyclic) bond motifs is 1. The molecule has 2 aliphatic rings. The molecule has 3 aromatic rings. The first kappa shape index (κ1) is 26.0. The zero-order valence-electron chi connectivity index (χ0n) is 20.8. The number of nitrogens with zero attached hydrogens (tertiary/aromatic N) is 3. The van der Waals surface area contributed by atoms with Gasteiger partial charge in [-0.2, -0.15) is 0 Å². The highest BCUT2D eigenvalue weighted by molar-refractivity contribution is 7.10. The Kier molecular flexibility index (Phi) is 7.77. The molecule has 0 bridgehead atoms. The molecule has 0 spiro atoms. The SMILES string of the molecule is COc1ccc(C2c3ccsc3CCN2CC(=O)N2CCN(C(=O)c3ccc(Cl)cc3Cl)C(C)C2)cc1. The van der Waals surface area contributed by atoms with Gasteiger partial charge in [0, 0.05) is 42.1 Å². The summed E-state index contributed by atoms with van der Waals surface area (Å²) < 4.78 is 5.34. The number of thiophene rings is 1. The molecule has 0 N–H and O–H groups in total. The highest BCUT2D eigenvalue weighted by atomic mass is 35.5. The summed E-state index contributed by atoms with van der Waals surface area (Å²) >= 11 is 14.1. The number of benzene rings is 2. The number of rotatable bonds is 5. The Bertz CT molecular complexity index is 1300. The summed E-state index contributed by atoms with van der Waals surface area (Å²) in [5.74, 6) is 0.761. The largest absolute Gasteiger partial charge is 0.497 e. The number of hydrogen-bond acceptors (Lipinski definition) is 5. The van der Waals surface area contributed by atoms with Crippen LogP contribution in [0.15, 0.2) is 53.9 Å². The Balaban J connectivity index is 1.28. The molecule has 2 aliphatic heterocycles. The summed E-state index contributed by atoms with van der Waals surface area (Å²) in [7, 11) is 1.66. The highest BCUT2D eigenvalue weighted by Crippen LogP contribution is 2.38. The van der Waals surface area contributed by atoms with Gasteiger partial charge < -0.3 is 14.5 Å². The predicted octanol–water partition coefficient (Wildman–Crippen LogP) is 5.38. The Morgan fingerprint density at radius 3 is 2.54 bits per heavy atom. The van der Waals surface area contributed by atoms with E-state index in [-0.39, 0.29) is 23.9 Å². The molecule has 0 saturated carbocycles. The van der Waals surface area contributed by atoms with E-state index in [1.54, 1.807) is 41.5 Å². The van der Waals surface area contributed by atoms with Crippen LogP contribution in [-0.2, 0) is 11.2 Å². The van der Waals surface area contributed by atoms with Gasteiger partial charge in [-0.05, 0) is 66.2 Å². The van der Waals surface area contributed by atoms with E-state index in [0.29, 0.717) is 41.8 Å². The van der Waals surface area contributed by atoms with Crippen molar-refractivity contribution < 1.29 is 14.3 Å². The maximum absolute atomic E-state index is 13.5. The van der Waals surface area contributed by atoms with Crippen LogP contribution < -0.4 is 4.74 Å². The van der Waals surface area contributed by atoms with Crippen LogP contribution >= 0.6 is 34.5 Å². The highest BCUT2D eigenvalue weighted by Gasteiger charge is 2.35. The molecule has 194 valence electrons. The molecule has 2 unspecified atom stereocenters. The lowest BCUT2D eigenvalue weighted by molar-refractivity contribution is -0.135. The molecule has 37 heavy (non-hydrogen) atoms. The van der Waals surface area contributed by atoms with Gasteiger partial charge >= 0.3 is 0 Å². The van der Waals surface area contributed by atoms with E-state index in [9.17, 15) is 9.59 Å². The first-order valence-electron chi connectivity index (χ1n) is 12.3. The zero-order chi connectivity index (χ0) is 26.1. The number of carbonyl (C=O) groups excluding carboxylic acids is 2. The lowest BCUT2D eigenvalue weighted by Crippen LogP contribution is -2.57. The van der Waals surface area contributed by atoms with Gasteiger partial charge in [0.2, 0.25) is 5.91 Å². The van der Waals surface area contributed by atoms with Gasteiger partial charge in [0.1, 0.15) is 5.75 Å². The van der Waals surface area contributed by atoms with Crippen LogP contribution in [0.1, 0.15) is 39.3 Å². The molecular formula is C28H29Cl2N3O3S. The molecule has 2 amide bonds. The Hall–Kier alpha value is -2.58. The van der Waals surface area contributed by atoms with Gasteiger partial charge in [-0.15, -0.1) is 11.3 Å². The van der Waals surface area contributed by atoms with Gasteiger partial charge in [-0.1, -0.05) is 35.3 Å². The average molecular weight is 559 g/mol. The van der Waals surface area contributed by atoms with Gasteiger partial charge in [0.05, 0.1) is 30.3 Å². The van der Waals surface area contributed by atoms with E-state index >= 15 is 0 Å². The van der Waals surface area contributed by atoms with Crippen LogP contribution in [0.2, 0.25) is 10.0 Å². The molecule has 1 aromatic heterocycles. The topological polar surface area (TPSA) is 53.1 Å². The third-order valence-electron chi connectivity index (χ3n) is 7.24. The normalized spacial score (nSPS) is 20.0. The second-order valence-electron chi connectivity index (χ2n) is 9.51. The van der Waals surface area contributed by atoms with Crippen LogP contribution in [0.5, 0.6) is 5.75 Å². The van der Waals surface area contributed by atoms with E-state index in [2.05, 4.69) is 28.5 Å². The zero-order valence-corrected chi connectivity index (χ0v) is 23.2. The minimum atomic E-state index is -0.137. The van der Waals surface area contributed by atoms with Gasteiger partial charge in [-0.3, -0.25) is 14.5 Å². The quantitative estimate of drug-likeness (QED) is 0.422. The monoisotopic (exact) mass is 557 g/mol. The maximum atomic E-state index is 13.5. The Morgan fingerprint density at radius 2 is 1.84 bits per heavy atom. The van der Waals surface area contributed by atoms with Crippen LogP contribution in [0.3, 0.4) is 0 Å². The number of ether oxygens (including phenoxy) is 1. The van der Waals surface area contributed by atoms with Crippen LogP contribution in [0, 0.1) is 0 Å². The minimum absolute atomic E-state index is 0.0252. The molecule has 2 atom stereocenters. The first-order valence-corrected chi connectivity index (χ1v) is 14.0. The minimum Gasteiger partial charge on any atom is -0.497 e. The second kappa shape index (κ2) is 11.0. The molecule has 6 nitrogen and oxygen atoms in total. The molecule has 1 saturated heterocycles. The summed E-state index contributed by atoms with van der Waals surface area (Å²) in [6, 6.07) is 15.1. The van der Waals surface area contributed by atoms with Crippen molar-refractivity contribution in [2.24, 2.45) is 0 Å². The molecule has 0 radical (unpaired) electrons. The van der Waals surface area contributed by atoms with Crippen LogP contribution in [-0.4, -0.2) is 72.4 Å². The number of hydrogen-bond donors (Lipinski definition) is 0. The van der Waals surface area contributed by atoms with Crippen molar-refractivity contribution in [2.75, 3.05) is 39.8 Å². The number of halogens is 2. The van der Waals surface area contributed by atoms with Gasteiger partial charge in [-0.25, -0.2) is 0 Å². The van der Waals surface area contributed by atoms with Crippen molar-refractivity contribution in [3.05, 3.63) is 85.5 Å². The summed E-state index contributed by atoms with van der Waals surface area (Å²) in [4.78, 5) is 34.0. The van der Waals surface area contributed by atoms with E-state index in [0.717, 1.165) is 24.3 Å². The number of piperazine rings is 1. The van der Waals surface area contributed by atoms with E-state index in [1.165, 1.54) is 10.4 Å². The smallest absolute Gasteiger partial charge is 0.255 e.